The quantitative estimate of drug-likeness (QED) is 0.0329. The third-order valence-corrected chi connectivity index (χ3v) is 23.9. The molecule has 4 N–H and O–H groups in total. The molecule has 0 amide bonds. The third kappa shape index (κ3) is 158. The molecule has 121 heavy (non-hydrogen) atoms. The van der Waals surface area contributed by atoms with E-state index in [4.69, 9.17) is 20.4 Å². The zero-order valence-corrected chi connectivity index (χ0v) is 84.1. The zero-order valence-electron chi connectivity index (χ0n) is 82.6. The van der Waals surface area contributed by atoms with Crippen molar-refractivity contribution in [1.29, 1.82) is 0 Å². The largest absolute Gasteiger partial charge is 2.00 e. The number of rotatable bonds is 96. The number of carboxylic acids is 6. The number of carbonyl (C=O) groups is 6. The van der Waals surface area contributed by atoms with Crippen molar-refractivity contribution in [3.05, 3.63) is 0 Å². The fourth-order valence-corrected chi connectivity index (χ4v) is 15.9. The zero-order chi connectivity index (χ0) is 89.3. The van der Waals surface area contributed by atoms with Crippen LogP contribution >= 0.6 is 0 Å². The molecule has 0 saturated carbocycles. The molecule has 0 atom stereocenters. The Morgan fingerprint density at radius 1 is 0.132 bits per heavy atom. The van der Waals surface area contributed by atoms with E-state index in [1.807, 2.05) is 0 Å². The molecular formula is C108H214MgO12. The normalized spacial score (nSPS) is 10.8. The first-order valence-electron chi connectivity index (χ1n) is 53.9. The molecule has 0 fully saturated rings. The summed E-state index contributed by atoms with van der Waals surface area (Å²) in [6.07, 6.45) is 121. The number of unbranched alkanes of at least 4 members (excludes halogenated alkanes) is 84. The Kier molecular flexibility index (Phi) is 140. The summed E-state index contributed by atoms with van der Waals surface area (Å²) in [7, 11) is 0. The fraction of sp³-hybridized carbons (Fsp3) is 0.944. The molecule has 0 rings (SSSR count). The topological polar surface area (TPSA) is 229 Å². The van der Waals surface area contributed by atoms with Gasteiger partial charge in [-0.05, 0) is 51.4 Å². The van der Waals surface area contributed by atoms with Gasteiger partial charge >= 0.3 is 46.9 Å². The van der Waals surface area contributed by atoms with Crippen LogP contribution in [0.3, 0.4) is 0 Å². The molecule has 0 aliphatic heterocycles. The summed E-state index contributed by atoms with van der Waals surface area (Å²) in [5.41, 5.74) is 0. The van der Waals surface area contributed by atoms with Crippen LogP contribution < -0.4 is 10.2 Å². The Bertz CT molecular complexity index is 1560. The van der Waals surface area contributed by atoms with Crippen LogP contribution in [0.15, 0.2) is 0 Å². The molecule has 0 aromatic rings. The number of hydrogen-bond donors (Lipinski definition) is 4. The van der Waals surface area contributed by atoms with E-state index in [0.717, 1.165) is 77.0 Å². The van der Waals surface area contributed by atoms with E-state index in [9.17, 15) is 39.0 Å². The monoisotopic (exact) mass is 1730 g/mol. The summed E-state index contributed by atoms with van der Waals surface area (Å²) in [5.74, 6) is -4.42. The molecule has 0 unspecified atom stereocenters. The Hall–Kier alpha value is -2.41. The molecule has 0 aliphatic carbocycles. The number of hydrogen-bond acceptors (Lipinski definition) is 8. The van der Waals surface area contributed by atoms with Crippen molar-refractivity contribution in [2.24, 2.45) is 0 Å². The average Bonchev–Trinajstić information content (AvgIpc) is 1.37. The fourth-order valence-electron chi connectivity index (χ4n) is 15.9. The molecule has 13 heteroatoms. The molecule has 0 saturated heterocycles. The maximum atomic E-state index is 10.3. The summed E-state index contributed by atoms with van der Waals surface area (Å²) < 4.78 is 0. The van der Waals surface area contributed by atoms with Crippen molar-refractivity contribution in [1.82, 2.24) is 0 Å². The predicted octanol–water partition coefficient (Wildman–Crippen LogP) is 34.9. The van der Waals surface area contributed by atoms with Crippen LogP contribution in [0, 0.1) is 0 Å². The van der Waals surface area contributed by atoms with Crippen molar-refractivity contribution < 1.29 is 59.4 Å². The van der Waals surface area contributed by atoms with Gasteiger partial charge in [0.2, 0.25) is 0 Å². The van der Waals surface area contributed by atoms with Gasteiger partial charge < -0.3 is 40.2 Å². The van der Waals surface area contributed by atoms with Gasteiger partial charge in [0.1, 0.15) is 0 Å². The molecule has 0 radical (unpaired) electrons. The van der Waals surface area contributed by atoms with Gasteiger partial charge in [-0.3, -0.25) is 19.2 Å². The first kappa shape index (κ1) is 132. The van der Waals surface area contributed by atoms with E-state index in [0.29, 0.717) is 25.7 Å². The molecule has 0 aromatic carbocycles. The van der Waals surface area contributed by atoms with Gasteiger partial charge in [-0.25, -0.2) is 0 Å². The van der Waals surface area contributed by atoms with Gasteiger partial charge in [0.05, 0.1) is 0 Å². The molecule has 0 bridgehead atoms. The second-order valence-corrected chi connectivity index (χ2v) is 36.5. The maximum Gasteiger partial charge on any atom is 2.00 e. The minimum atomic E-state index is -0.903. The van der Waals surface area contributed by atoms with E-state index in [2.05, 4.69) is 41.5 Å². The van der Waals surface area contributed by atoms with Crippen molar-refractivity contribution in [2.45, 2.75) is 658 Å². The van der Waals surface area contributed by atoms with Gasteiger partial charge in [0, 0.05) is 37.6 Å². The Morgan fingerprint density at radius 3 is 0.264 bits per heavy atom. The Labute approximate surface area is 771 Å². The van der Waals surface area contributed by atoms with Crippen LogP contribution in [0.5, 0.6) is 0 Å². The molecule has 0 aliphatic rings. The van der Waals surface area contributed by atoms with Crippen molar-refractivity contribution >= 4 is 58.9 Å². The van der Waals surface area contributed by atoms with E-state index in [-0.39, 0.29) is 35.9 Å². The van der Waals surface area contributed by atoms with E-state index >= 15 is 0 Å². The molecule has 720 valence electrons. The molecule has 0 spiro atoms. The van der Waals surface area contributed by atoms with Crippen LogP contribution in [0.2, 0.25) is 0 Å². The van der Waals surface area contributed by atoms with E-state index in [1.54, 1.807) is 0 Å². The standard InChI is InChI=1S/6C18H36O2.Mg/c6*1-2-3-4-5-6-7-8-9-10-11-12-13-14-15-16-17-18(19)20;/h6*2-17H2,1H3,(H,19,20);/q;;;;;;+2/p-2. The van der Waals surface area contributed by atoms with Crippen molar-refractivity contribution in [2.75, 3.05) is 0 Å². The van der Waals surface area contributed by atoms with Crippen molar-refractivity contribution in [3.63, 3.8) is 0 Å². The van der Waals surface area contributed by atoms with Crippen LogP contribution in [0.25, 0.3) is 0 Å². The maximum absolute atomic E-state index is 10.3. The third-order valence-electron chi connectivity index (χ3n) is 23.9. The summed E-state index contributed by atoms with van der Waals surface area (Å²) >= 11 is 0. The van der Waals surface area contributed by atoms with E-state index in [1.165, 1.54) is 501 Å². The first-order chi connectivity index (χ1) is 58.6. The van der Waals surface area contributed by atoms with Crippen LogP contribution in [0.4, 0.5) is 0 Å². The number of aliphatic carboxylic acids is 6. The van der Waals surface area contributed by atoms with E-state index < -0.39 is 35.8 Å². The van der Waals surface area contributed by atoms with Gasteiger partial charge in [0.25, 0.3) is 0 Å². The minimum absolute atomic E-state index is 0. The van der Waals surface area contributed by atoms with Crippen molar-refractivity contribution in [3.8, 4) is 0 Å². The second kappa shape index (κ2) is 128. The number of carboxylic acid groups (broad SMARTS) is 6. The summed E-state index contributed by atoms with van der Waals surface area (Å²) in [6.45, 7) is 13.6. The van der Waals surface area contributed by atoms with Gasteiger partial charge in [-0.15, -0.1) is 0 Å². The van der Waals surface area contributed by atoms with Crippen LogP contribution in [0.1, 0.15) is 658 Å². The smallest absolute Gasteiger partial charge is 0.550 e. The van der Waals surface area contributed by atoms with Crippen LogP contribution in [-0.2, 0) is 28.8 Å². The van der Waals surface area contributed by atoms with Gasteiger partial charge in [0.15, 0.2) is 0 Å². The second-order valence-electron chi connectivity index (χ2n) is 36.5. The molecule has 0 aromatic heterocycles. The summed E-state index contributed by atoms with van der Waals surface area (Å²) in [5, 5.41) is 54.5. The minimum Gasteiger partial charge on any atom is -0.550 e. The van der Waals surface area contributed by atoms with Crippen LogP contribution in [-0.4, -0.2) is 79.3 Å². The predicted molar refractivity (Wildman–Crippen MR) is 524 cm³/mol. The first-order valence-corrected chi connectivity index (χ1v) is 53.9. The summed E-state index contributed by atoms with van der Waals surface area (Å²) in [4.78, 5) is 61.8. The molecule has 0 heterocycles. The molecule has 12 nitrogen and oxygen atoms in total. The molecular weight excluding hydrogens is 1510 g/mol. The van der Waals surface area contributed by atoms with Gasteiger partial charge in [-0.1, -0.05) is 581 Å². The SMILES string of the molecule is CCCCCCCCCCCCCCCCCC(=O)O.CCCCCCCCCCCCCCCCCC(=O)O.CCCCCCCCCCCCCCCCCC(=O)O.CCCCCCCCCCCCCCCCCC(=O)O.CCCCCCCCCCCCCCCCCC(=O)[O-].CCCCCCCCCCCCCCCCCC(=O)[O-].[Mg+2]. The van der Waals surface area contributed by atoms with Gasteiger partial charge in [-0.2, -0.15) is 0 Å². The summed E-state index contributed by atoms with van der Waals surface area (Å²) in [6, 6.07) is 0. The average molecular weight is 1730 g/mol. The Balaban J connectivity index is -0.000000257. The number of carbonyl (C=O) groups excluding carboxylic acids is 2. The Morgan fingerprint density at radius 2 is 0.198 bits per heavy atom.